The van der Waals surface area contributed by atoms with Crippen molar-refractivity contribution in [3.05, 3.63) is 0 Å². The Hall–Kier alpha value is -0.120. The number of hydrogen-bond donors (Lipinski definition) is 1. The molecule has 0 bridgehead atoms. The number of likely N-dealkylation sites (N-methyl/N-ethyl adjacent to an activating group) is 1. The average Bonchev–Trinajstić information content (AvgIpc) is 1.90. The molecule has 0 aliphatic heterocycles. The van der Waals surface area contributed by atoms with Gasteiger partial charge in [0.25, 0.3) is 0 Å². The predicted octanol–water partition coefficient (Wildman–Crippen LogP) is 0.132. The van der Waals surface area contributed by atoms with Gasteiger partial charge in [-0.2, -0.15) is 0 Å². The minimum atomic E-state index is 0.481. The third kappa shape index (κ3) is 2.64. The van der Waals surface area contributed by atoms with E-state index in [1.165, 1.54) is 0 Å². The van der Waals surface area contributed by atoms with Crippen molar-refractivity contribution in [1.82, 2.24) is 10.0 Å². The molecule has 1 atom stereocenters. The Bertz CT molecular complexity index is 78.9. The molecule has 0 aromatic heterocycles. The summed E-state index contributed by atoms with van der Waals surface area (Å²) in [5.74, 6) is 0. The van der Waals surface area contributed by atoms with E-state index in [0.29, 0.717) is 6.04 Å². The van der Waals surface area contributed by atoms with Gasteiger partial charge in [-0.15, -0.1) is 0 Å². The van der Waals surface area contributed by atoms with E-state index in [0.717, 1.165) is 13.0 Å². The Balaban J connectivity index is 3.76. The predicted molar refractivity (Wildman–Crippen MR) is 44.6 cm³/mol. The van der Waals surface area contributed by atoms with Gasteiger partial charge in [0.1, 0.15) is 0 Å². The fourth-order valence-electron chi connectivity index (χ4n) is 0.910. The molecule has 3 nitrogen and oxygen atoms in total. The lowest BCUT2D eigenvalue weighted by Crippen LogP contribution is -2.45. The first-order chi connectivity index (χ1) is 4.63. The highest BCUT2D eigenvalue weighted by atomic mass is 15.6. The normalized spacial score (nSPS) is 14.7. The molecule has 0 aromatic carbocycles. The van der Waals surface area contributed by atoms with Gasteiger partial charge in [0.2, 0.25) is 0 Å². The van der Waals surface area contributed by atoms with E-state index < -0.39 is 0 Å². The lowest BCUT2D eigenvalue weighted by Gasteiger charge is -2.31. The molecule has 0 heterocycles. The third-order valence-corrected chi connectivity index (χ3v) is 1.90. The van der Waals surface area contributed by atoms with Crippen LogP contribution in [0.25, 0.3) is 0 Å². The van der Waals surface area contributed by atoms with Gasteiger partial charge in [-0.3, -0.25) is 0 Å². The topological polar surface area (TPSA) is 32.5 Å². The molecule has 0 saturated carbocycles. The second-order valence-electron chi connectivity index (χ2n) is 2.72. The maximum atomic E-state index is 5.55. The van der Waals surface area contributed by atoms with E-state index in [2.05, 4.69) is 24.0 Å². The van der Waals surface area contributed by atoms with Gasteiger partial charge in [-0.25, -0.2) is 10.0 Å². The molecule has 62 valence electrons. The molecule has 0 aliphatic rings. The first kappa shape index (κ1) is 9.88. The van der Waals surface area contributed by atoms with Crippen molar-refractivity contribution in [3.63, 3.8) is 0 Å². The van der Waals surface area contributed by atoms with E-state index in [1.807, 2.05) is 14.1 Å². The van der Waals surface area contributed by atoms with Gasteiger partial charge in [-0.1, -0.05) is 6.92 Å². The van der Waals surface area contributed by atoms with Gasteiger partial charge in [-0.05, 0) is 6.42 Å². The van der Waals surface area contributed by atoms with E-state index in [4.69, 9.17) is 5.73 Å². The number of hydrazine groups is 1. The zero-order valence-corrected chi connectivity index (χ0v) is 7.46. The molecular formula is C7H19N3. The summed E-state index contributed by atoms with van der Waals surface area (Å²) in [6.07, 6.45) is 1.10. The van der Waals surface area contributed by atoms with Crippen LogP contribution in [0.5, 0.6) is 0 Å². The zero-order chi connectivity index (χ0) is 8.15. The summed E-state index contributed by atoms with van der Waals surface area (Å²) >= 11 is 0. The molecule has 0 radical (unpaired) electrons. The second-order valence-corrected chi connectivity index (χ2v) is 2.72. The van der Waals surface area contributed by atoms with Gasteiger partial charge >= 0.3 is 0 Å². The summed E-state index contributed by atoms with van der Waals surface area (Å²) < 4.78 is 0. The lowest BCUT2D eigenvalue weighted by atomic mass is 10.2. The molecule has 1 unspecified atom stereocenters. The SMILES string of the molecule is CCC(CN)N(C)N(C)C. The highest BCUT2D eigenvalue weighted by Gasteiger charge is 2.11. The van der Waals surface area contributed by atoms with Crippen LogP contribution >= 0.6 is 0 Å². The standard InChI is InChI=1S/C7H19N3/c1-5-7(6-8)10(4)9(2)3/h7H,5-6,8H2,1-4H3. The van der Waals surface area contributed by atoms with E-state index in [9.17, 15) is 0 Å². The first-order valence-electron chi connectivity index (χ1n) is 3.73. The van der Waals surface area contributed by atoms with Gasteiger partial charge in [0, 0.05) is 33.7 Å². The molecule has 0 aromatic rings. The summed E-state index contributed by atoms with van der Waals surface area (Å²) in [5.41, 5.74) is 5.55. The average molecular weight is 145 g/mol. The molecule has 0 aliphatic carbocycles. The van der Waals surface area contributed by atoms with E-state index in [-0.39, 0.29) is 0 Å². The minimum absolute atomic E-state index is 0.481. The largest absolute Gasteiger partial charge is 0.329 e. The first-order valence-corrected chi connectivity index (χ1v) is 3.73. The Morgan fingerprint density at radius 1 is 1.30 bits per heavy atom. The number of nitrogens with zero attached hydrogens (tertiary/aromatic N) is 2. The Morgan fingerprint density at radius 2 is 1.80 bits per heavy atom. The zero-order valence-electron chi connectivity index (χ0n) is 7.46. The van der Waals surface area contributed by atoms with Crippen LogP contribution in [-0.4, -0.2) is 43.7 Å². The minimum Gasteiger partial charge on any atom is -0.329 e. The van der Waals surface area contributed by atoms with E-state index >= 15 is 0 Å². The second kappa shape index (κ2) is 4.66. The van der Waals surface area contributed by atoms with Crippen LogP contribution in [0.4, 0.5) is 0 Å². The molecule has 2 N–H and O–H groups in total. The van der Waals surface area contributed by atoms with Crippen molar-refractivity contribution in [2.75, 3.05) is 27.7 Å². The summed E-state index contributed by atoms with van der Waals surface area (Å²) in [7, 11) is 6.11. The molecule has 0 amide bonds. The fourth-order valence-corrected chi connectivity index (χ4v) is 0.910. The van der Waals surface area contributed by atoms with Crippen LogP contribution in [0, 0.1) is 0 Å². The fraction of sp³-hybridized carbons (Fsp3) is 1.00. The van der Waals surface area contributed by atoms with Gasteiger partial charge in [0.15, 0.2) is 0 Å². The summed E-state index contributed by atoms with van der Waals surface area (Å²) in [5, 5.41) is 4.21. The number of rotatable bonds is 4. The summed E-state index contributed by atoms with van der Waals surface area (Å²) in [4.78, 5) is 0. The van der Waals surface area contributed by atoms with Gasteiger partial charge < -0.3 is 5.73 Å². The van der Waals surface area contributed by atoms with Crippen LogP contribution in [0.3, 0.4) is 0 Å². The van der Waals surface area contributed by atoms with Gasteiger partial charge in [0.05, 0.1) is 0 Å². The van der Waals surface area contributed by atoms with Crippen molar-refractivity contribution in [1.29, 1.82) is 0 Å². The Labute approximate surface area is 63.8 Å². The maximum absolute atomic E-state index is 5.55. The van der Waals surface area contributed by atoms with Crippen LogP contribution in [0.15, 0.2) is 0 Å². The molecule has 0 fully saturated rings. The molecule has 0 spiro atoms. The number of nitrogens with two attached hydrogens (primary N) is 1. The van der Waals surface area contributed by atoms with Crippen LogP contribution in [-0.2, 0) is 0 Å². The molecular weight excluding hydrogens is 126 g/mol. The molecule has 0 rings (SSSR count). The molecule has 10 heavy (non-hydrogen) atoms. The van der Waals surface area contributed by atoms with Crippen LogP contribution < -0.4 is 5.73 Å². The quantitative estimate of drug-likeness (QED) is 0.571. The monoisotopic (exact) mass is 145 g/mol. The Morgan fingerprint density at radius 3 is 1.90 bits per heavy atom. The van der Waals surface area contributed by atoms with Crippen LogP contribution in [0.2, 0.25) is 0 Å². The highest BCUT2D eigenvalue weighted by Crippen LogP contribution is 1.99. The van der Waals surface area contributed by atoms with Crippen LogP contribution in [0.1, 0.15) is 13.3 Å². The van der Waals surface area contributed by atoms with Crippen molar-refractivity contribution in [3.8, 4) is 0 Å². The van der Waals surface area contributed by atoms with Crippen molar-refractivity contribution >= 4 is 0 Å². The third-order valence-electron chi connectivity index (χ3n) is 1.90. The van der Waals surface area contributed by atoms with Crippen molar-refractivity contribution < 1.29 is 0 Å². The lowest BCUT2D eigenvalue weighted by molar-refractivity contribution is 0.0119. The molecule has 3 heteroatoms. The van der Waals surface area contributed by atoms with Crippen molar-refractivity contribution in [2.24, 2.45) is 5.73 Å². The summed E-state index contributed by atoms with van der Waals surface area (Å²) in [6.45, 7) is 2.88. The number of hydrogen-bond acceptors (Lipinski definition) is 3. The molecule has 0 saturated heterocycles. The maximum Gasteiger partial charge on any atom is 0.0362 e. The van der Waals surface area contributed by atoms with E-state index in [1.54, 1.807) is 0 Å². The highest BCUT2D eigenvalue weighted by molar-refractivity contribution is 4.63. The van der Waals surface area contributed by atoms with Crippen molar-refractivity contribution in [2.45, 2.75) is 19.4 Å². The Kier molecular flexibility index (Phi) is 4.60. The smallest absolute Gasteiger partial charge is 0.0362 e. The summed E-state index contributed by atoms with van der Waals surface area (Å²) in [6, 6.07) is 0.481.